The van der Waals surface area contributed by atoms with E-state index in [1.807, 2.05) is 81.5 Å². The maximum absolute atomic E-state index is 13.5. The molecular formula is C32H46N2O7Si. The molecule has 0 aromatic heterocycles. The number of nitrogens with zero attached hydrogens (tertiary/aromatic N) is 1. The van der Waals surface area contributed by atoms with Gasteiger partial charge >= 0.3 is 12.1 Å². The lowest BCUT2D eigenvalue weighted by atomic mass is 9.90. The molecule has 6 unspecified atom stereocenters. The predicted octanol–water partition coefficient (Wildman–Crippen LogP) is 4.39. The molecule has 9 nitrogen and oxygen atoms in total. The van der Waals surface area contributed by atoms with Gasteiger partial charge in [0, 0.05) is 5.04 Å². The highest BCUT2D eigenvalue weighted by atomic mass is 28.4. The quantitative estimate of drug-likeness (QED) is 0.296. The molecule has 10 heteroatoms. The number of nitriles is 1. The van der Waals surface area contributed by atoms with E-state index in [1.165, 1.54) is 0 Å². The number of ether oxygens (including phenoxy) is 3. The third-order valence-corrected chi connectivity index (χ3v) is 13.4. The largest absolute Gasteiger partial charge is 0.455 e. The zero-order valence-corrected chi connectivity index (χ0v) is 27.0. The minimum absolute atomic E-state index is 0.196. The van der Waals surface area contributed by atoms with Crippen LogP contribution in [0.25, 0.3) is 0 Å². The summed E-state index contributed by atoms with van der Waals surface area (Å²) in [5.74, 6) is -1.13. The third-order valence-electron chi connectivity index (χ3n) is 8.01. The Labute approximate surface area is 250 Å². The summed E-state index contributed by atoms with van der Waals surface area (Å²) in [5.41, 5.74) is -0.765. The SMILES string of the molecule is CC(C)[C@H](NC(=O)OC(C)(C)C)C(=O)OC1C(CC2([Si](O)(c3ccccc3)C(C)(C)C)C=CC=CC2)OC(C#N)C1O. The van der Waals surface area contributed by atoms with E-state index >= 15 is 0 Å². The van der Waals surface area contributed by atoms with Crippen molar-refractivity contribution in [1.82, 2.24) is 5.32 Å². The Bertz CT molecular complexity index is 1210. The molecule has 1 aromatic carbocycles. The van der Waals surface area contributed by atoms with E-state index in [0.717, 1.165) is 5.19 Å². The van der Waals surface area contributed by atoms with E-state index in [4.69, 9.17) is 14.2 Å². The van der Waals surface area contributed by atoms with Gasteiger partial charge in [-0.25, -0.2) is 9.59 Å². The molecule has 1 aromatic rings. The molecule has 1 aliphatic heterocycles. The number of rotatable bonds is 8. The van der Waals surface area contributed by atoms with Crippen molar-refractivity contribution < 1.29 is 33.7 Å². The van der Waals surface area contributed by atoms with E-state index in [-0.39, 0.29) is 12.3 Å². The van der Waals surface area contributed by atoms with Crippen molar-refractivity contribution >= 4 is 25.6 Å². The Balaban J connectivity index is 1.99. The molecule has 2 aliphatic rings. The molecule has 1 amide bonds. The molecule has 1 saturated heterocycles. The first-order valence-electron chi connectivity index (χ1n) is 14.5. The minimum Gasteiger partial charge on any atom is -0.455 e. The summed E-state index contributed by atoms with van der Waals surface area (Å²) in [7, 11) is -3.45. The van der Waals surface area contributed by atoms with E-state index in [9.17, 15) is 24.8 Å². The number of carbonyl (C=O) groups is 2. The first kappa shape index (κ1) is 33.5. The van der Waals surface area contributed by atoms with Gasteiger partial charge in [0.2, 0.25) is 8.32 Å². The summed E-state index contributed by atoms with van der Waals surface area (Å²) in [6.45, 7) is 14.7. The Morgan fingerprint density at radius 2 is 1.81 bits per heavy atom. The number of aliphatic hydroxyl groups excluding tert-OH is 1. The van der Waals surface area contributed by atoms with Crippen molar-refractivity contribution in [2.45, 2.75) is 114 Å². The fourth-order valence-electron chi connectivity index (χ4n) is 6.03. The second-order valence-electron chi connectivity index (χ2n) is 13.7. The number of aliphatic hydroxyl groups is 1. The Morgan fingerprint density at radius 3 is 2.31 bits per heavy atom. The molecule has 1 heterocycles. The van der Waals surface area contributed by atoms with Crippen LogP contribution in [0.2, 0.25) is 10.1 Å². The molecule has 0 saturated carbocycles. The lowest BCUT2D eigenvalue weighted by Gasteiger charge is -2.52. The highest BCUT2D eigenvalue weighted by Crippen LogP contribution is 2.57. The molecule has 3 N–H and O–H groups in total. The van der Waals surface area contributed by atoms with E-state index < -0.39 is 66.5 Å². The lowest BCUT2D eigenvalue weighted by molar-refractivity contribution is -0.159. The number of hydrogen-bond donors (Lipinski definition) is 3. The molecule has 0 bridgehead atoms. The third kappa shape index (κ3) is 6.97. The van der Waals surface area contributed by atoms with Gasteiger partial charge in [-0.15, -0.1) is 0 Å². The zero-order chi connectivity index (χ0) is 31.5. The van der Waals surface area contributed by atoms with Crippen molar-refractivity contribution in [3.63, 3.8) is 0 Å². The van der Waals surface area contributed by atoms with E-state index in [0.29, 0.717) is 6.42 Å². The molecular weight excluding hydrogens is 552 g/mol. The van der Waals surface area contributed by atoms with Gasteiger partial charge in [0.05, 0.1) is 12.2 Å². The summed E-state index contributed by atoms with van der Waals surface area (Å²) in [6, 6.07) is 10.5. The first-order valence-corrected chi connectivity index (χ1v) is 16.5. The van der Waals surface area contributed by atoms with Crippen molar-refractivity contribution in [1.29, 1.82) is 5.26 Å². The maximum Gasteiger partial charge on any atom is 0.408 e. The lowest BCUT2D eigenvalue weighted by Crippen LogP contribution is -2.64. The first-order chi connectivity index (χ1) is 19.5. The van der Waals surface area contributed by atoms with Crippen LogP contribution in [0.3, 0.4) is 0 Å². The molecule has 0 spiro atoms. The number of hydrogen-bond acceptors (Lipinski definition) is 8. The van der Waals surface area contributed by atoms with Crippen molar-refractivity contribution in [3.8, 4) is 6.07 Å². The van der Waals surface area contributed by atoms with Gasteiger partial charge in [-0.3, -0.25) is 0 Å². The average Bonchev–Trinajstić information content (AvgIpc) is 3.19. The molecule has 3 rings (SSSR count). The fourth-order valence-corrected chi connectivity index (χ4v) is 10.9. The van der Waals surface area contributed by atoms with Crippen molar-refractivity contribution in [2.75, 3.05) is 0 Å². The second-order valence-corrected chi connectivity index (χ2v) is 18.2. The monoisotopic (exact) mass is 598 g/mol. The van der Waals surface area contributed by atoms with Crippen LogP contribution in [-0.2, 0) is 19.0 Å². The zero-order valence-electron chi connectivity index (χ0n) is 26.0. The minimum atomic E-state index is -3.45. The van der Waals surface area contributed by atoms with Gasteiger partial charge in [-0.05, 0) is 49.8 Å². The van der Waals surface area contributed by atoms with Gasteiger partial charge in [0.25, 0.3) is 0 Å². The van der Waals surface area contributed by atoms with E-state index in [2.05, 4.69) is 5.32 Å². The van der Waals surface area contributed by atoms with Crippen molar-refractivity contribution in [3.05, 3.63) is 54.6 Å². The smallest absolute Gasteiger partial charge is 0.408 e. The summed E-state index contributed by atoms with van der Waals surface area (Å²) >= 11 is 0. The van der Waals surface area contributed by atoms with Crippen LogP contribution in [-0.4, -0.2) is 66.3 Å². The normalized spacial score (nSPS) is 28.0. The van der Waals surface area contributed by atoms with Gasteiger partial charge in [-0.2, -0.15) is 5.26 Å². The van der Waals surface area contributed by atoms with Crippen molar-refractivity contribution in [2.24, 2.45) is 5.92 Å². The molecule has 42 heavy (non-hydrogen) atoms. The molecule has 230 valence electrons. The molecule has 0 radical (unpaired) electrons. The number of nitrogens with one attached hydrogen (secondary N) is 1. The van der Waals surface area contributed by atoms with Crippen LogP contribution >= 0.6 is 0 Å². The van der Waals surface area contributed by atoms with Gasteiger partial charge in [0.1, 0.15) is 17.7 Å². The number of allylic oxidation sites excluding steroid dienone is 4. The standard InChI is InChI=1S/C32H46N2O7Si/c1-21(2)25(34-29(37)41-30(3,4)5)28(36)40-27-23(39-24(20-33)26(27)35)19-32(17-13-10-14-18-32)42(38,31(6,7)8)22-15-11-9-12-16-22/h9-17,21,23-27,35,38H,18-19H2,1-8H3,(H,34,37)/t23?,24?,25-,26?,27?,32?,42?/m0/s1. The topological polar surface area (TPSA) is 138 Å². The van der Waals surface area contributed by atoms with Crippen LogP contribution < -0.4 is 10.5 Å². The highest BCUT2D eigenvalue weighted by molar-refractivity contribution is 6.90. The average molecular weight is 599 g/mol. The number of benzene rings is 1. The molecule has 1 aliphatic carbocycles. The summed E-state index contributed by atoms with van der Waals surface area (Å²) in [6.07, 6.45) is 3.02. The van der Waals surface area contributed by atoms with Crippen LogP contribution in [0.4, 0.5) is 4.79 Å². The van der Waals surface area contributed by atoms with Crippen LogP contribution in [0.5, 0.6) is 0 Å². The Hall–Kier alpha value is -2.97. The van der Waals surface area contributed by atoms with Gasteiger partial charge in [-0.1, -0.05) is 89.3 Å². The van der Waals surface area contributed by atoms with Gasteiger partial charge in [0.15, 0.2) is 12.2 Å². The summed E-state index contributed by atoms with van der Waals surface area (Å²) < 4.78 is 17.2. The molecule has 7 atom stereocenters. The molecule has 1 fully saturated rings. The number of alkyl carbamates (subject to hydrolysis) is 1. The maximum atomic E-state index is 13.5. The summed E-state index contributed by atoms with van der Waals surface area (Å²) in [4.78, 5) is 38.8. The van der Waals surface area contributed by atoms with E-state index in [1.54, 1.807) is 34.6 Å². The second kappa shape index (κ2) is 12.7. The predicted molar refractivity (Wildman–Crippen MR) is 162 cm³/mol. The Morgan fingerprint density at radius 1 is 1.17 bits per heavy atom. The number of esters is 1. The Kier molecular flexibility index (Phi) is 10.2. The van der Waals surface area contributed by atoms with Crippen LogP contribution in [0.1, 0.15) is 68.2 Å². The van der Waals surface area contributed by atoms with Crippen LogP contribution in [0.15, 0.2) is 54.6 Å². The van der Waals surface area contributed by atoms with Crippen LogP contribution in [0, 0.1) is 17.2 Å². The number of carbonyl (C=O) groups excluding carboxylic acids is 2. The fraction of sp³-hybridized carbons (Fsp3) is 0.594. The highest BCUT2D eigenvalue weighted by Gasteiger charge is 2.62. The summed E-state index contributed by atoms with van der Waals surface area (Å²) in [5, 5.41) is 22.9. The van der Waals surface area contributed by atoms with Gasteiger partial charge < -0.3 is 29.4 Å². The number of amides is 1.